The van der Waals surface area contributed by atoms with Gasteiger partial charge in [-0.2, -0.15) is 0 Å². The third kappa shape index (κ3) is 2.88. The zero-order valence-corrected chi connectivity index (χ0v) is 11.6. The monoisotopic (exact) mass is 280 g/mol. The summed E-state index contributed by atoms with van der Waals surface area (Å²) < 4.78 is 9.60. The molecule has 0 aliphatic carbocycles. The highest BCUT2D eigenvalue weighted by Gasteiger charge is 2.19. The van der Waals surface area contributed by atoms with Crippen molar-refractivity contribution in [2.24, 2.45) is 0 Å². The summed E-state index contributed by atoms with van der Waals surface area (Å²) in [4.78, 5) is 11.4. The van der Waals surface area contributed by atoms with E-state index in [1.165, 1.54) is 30.4 Å². The third-order valence-corrected chi connectivity index (χ3v) is 4.31. The van der Waals surface area contributed by atoms with Gasteiger partial charge in [-0.25, -0.2) is 0 Å². The molecule has 2 rings (SSSR count). The number of hydrogen-bond acceptors (Lipinski definition) is 6. The van der Waals surface area contributed by atoms with Gasteiger partial charge < -0.3 is 4.74 Å². The molecule has 0 amide bonds. The van der Waals surface area contributed by atoms with Gasteiger partial charge in [-0.05, 0) is 18.5 Å². The molecular formula is C12H12N2O2S2. The van der Waals surface area contributed by atoms with Crippen molar-refractivity contribution in [2.45, 2.75) is 16.4 Å². The topological polar surface area (TPSA) is 52.1 Å². The molecule has 0 saturated heterocycles. The van der Waals surface area contributed by atoms with Crippen molar-refractivity contribution in [3.63, 3.8) is 0 Å². The Balaban J connectivity index is 2.21. The maximum atomic E-state index is 11.4. The lowest BCUT2D eigenvalue weighted by atomic mass is 10.2. The zero-order valence-electron chi connectivity index (χ0n) is 9.99. The van der Waals surface area contributed by atoms with Gasteiger partial charge in [0.1, 0.15) is 15.2 Å². The molecule has 0 radical (unpaired) electrons. The molecule has 0 aliphatic rings. The van der Waals surface area contributed by atoms with Crippen LogP contribution >= 0.6 is 23.3 Å². The molecule has 18 heavy (non-hydrogen) atoms. The minimum atomic E-state index is -0.264. The molecule has 94 valence electrons. The number of ether oxygens (including phenoxy) is 1. The molecule has 1 heterocycles. The van der Waals surface area contributed by atoms with Crippen molar-refractivity contribution >= 4 is 29.3 Å². The van der Waals surface area contributed by atoms with Crippen LogP contribution in [0.2, 0.25) is 0 Å². The highest BCUT2D eigenvalue weighted by molar-refractivity contribution is 8.02. The Labute approximate surface area is 114 Å². The van der Waals surface area contributed by atoms with Crippen LogP contribution in [0.4, 0.5) is 0 Å². The molecule has 0 aliphatic heterocycles. The molecule has 0 unspecified atom stereocenters. The van der Waals surface area contributed by atoms with Gasteiger partial charge in [-0.1, -0.05) is 46.6 Å². The summed E-state index contributed by atoms with van der Waals surface area (Å²) in [5, 5.41) is 3.86. The molecule has 0 fully saturated rings. The summed E-state index contributed by atoms with van der Waals surface area (Å²) in [6.45, 7) is 1.81. The zero-order chi connectivity index (χ0) is 13.0. The quantitative estimate of drug-likeness (QED) is 0.636. The van der Waals surface area contributed by atoms with Crippen LogP contribution < -0.4 is 0 Å². The highest BCUT2D eigenvalue weighted by Crippen LogP contribution is 2.35. The summed E-state index contributed by atoms with van der Waals surface area (Å²) in [5.74, 6) is -0.243. The average molecular weight is 280 g/mol. The van der Waals surface area contributed by atoms with E-state index in [2.05, 4.69) is 9.59 Å². The van der Waals surface area contributed by atoms with Crippen LogP contribution in [0.15, 0.2) is 34.5 Å². The number of methoxy groups -OCH3 is 1. The number of hydrogen-bond donors (Lipinski definition) is 0. The van der Waals surface area contributed by atoms with Crippen molar-refractivity contribution in [2.75, 3.05) is 7.11 Å². The first kappa shape index (κ1) is 13.0. The second kappa shape index (κ2) is 5.97. The number of carbonyl (C=O) groups excluding carboxylic acids is 1. The van der Waals surface area contributed by atoms with E-state index in [9.17, 15) is 4.79 Å². The SMILES string of the molecule is COC(=O)[C@@H](C)Sc1snnc1-c1ccccc1. The molecule has 2 aromatic rings. The smallest absolute Gasteiger partial charge is 0.318 e. The standard InChI is InChI=1S/C12H12N2O2S2/c1-8(11(15)16-2)17-12-10(13-14-18-12)9-6-4-3-5-7-9/h3-8H,1-2H3/t8-/m1/s1. The number of rotatable bonds is 4. The molecule has 0 spiro atoms. The molecular weight excluding hydrogens is 268 g/mol. The van der Waals surface area contributed by atoms with Gasteiger partial charge in [-0.3, -0.25) is 4.79 Å². The lowest BCUT2D eigenvalue weighted by Crippen LogP contribution is -2.14. The number of thioether (sulfide) groups is 1. The fourth-order valence-corrected chi connectivity index (χ4v) is 3.34. The van der Waals surface area contributed by atoms with E-state index in [0.29, 0.717) is 0 Å². The van der Waals surface area contributed by atoms with Crippen LogP contribution in [0.1, 0.15) is 6.92 Å². The Kier molecular flexibility index (Phi) is 4.33. The van der Waals surface area contributed by atoms with Crippen LogP contribution in [0.25, 0.3) is 11.3 Å². The Bertz CT molecular complexity index is 528. The number of benzene rings is 1. The first-order chi connectivity index (χ1) is 8.72. The van der Waals surface area contributed by atoms with Crippen LogP contribution in [-0.4, -0.2) is 27.9 Å². The van der Waals surface area contributed by atoms with E-state index in [1.54, 1.807) is 0 Å². The van der Waals surface area contributed by atoms with Crippen LogP contribution in [0.3, 0.4) is 0 Å². The fraction of sp³-hybridized carbons (Fsp3) is 0.250. The van der Waals surface area contributed by atoms with E-state index in [1.807, 2.05) is 37.3 Å². The number of nitrogens with zero attached hydrogens (tertiary/aromatic N) is 2. The Morgan fingerprint density at radius 1 is 1.39 bits per heavy atom. The minimum Gasteiger partial charge on any atom is -0.468 e. The van der Waals surface area contributed by atoms with Gasteiger partial charge in [0.2, 0.25) is 0 Å². The van der Waals surface area contributed by atoms with Crippen LogP contribution in [-0.2, 0) is 9.53 Å². The predicted molar refractivity (Wildman–Crippen MR) is 72.7 cm³/mol. The van der Waals surface area contributed by atoms with E-state index in [4.69, 9.17) is 4.74 Å². The van der Waals surface area contributed by atoms with Crippen molar-refractivity contribution < 1.29 is 9.53 Å². The summed E-state index contributed by atoms with van der Waals surface area (Å²) in [5.41, 5.74) is 1.83. The number of carbonyl (C=O) groups is 1. The largest absolute Gasteiger partial charge is 0.468 e. The molecule has 1 aromatic heterocycles. The van der Waals surface area contributed by atoms with Crippen molar-refractivity contribution in [1.29, 1.82) is 0 Å². The van der Waals surface area contributed by atoms with E-state index >= 15 is 0 Å². The summed E-state index contributed by atoms with van der Waals surface area (Å²) in [7, 11) is 1.39. The van der Waals surface area contributed by atoms with Crippen molar-refractivity contribution in [1.82, 2.24) is 9.59 Å². The predicted octanol–water partition coefficient (Wildman–Crippen LogP) is 2.86. The van der Waals surface area contributed by atoms with E-state index in [-0.39, 0.29) is 11.2 Å². The lowest BCUT2D eigenvalue weighted by molar-refractivity contribution is -0.139. The molecule has 1 aromatic carbocycles. The molecule has 1 atom stereocenters. The van der Waals surface area contributed by atoms with Gasteiger partial charge >= 0.3 is 5.97 Å². The van der Waals surface area contributed by atoms with E-state index in [0.717, 1.165) is 15.5 Å². The Hall–Kier alpha value is -1.40. The third-order valence-electron chi connectivity index (χ3n) is 2.32. The number of aromatic nitrogens is 2. The summed E-state index contributed by atoms with van der Waals surface area (Å²) >= 11 is 2.72. The maximum Gasteiger partial charge on any atom is 0.318 e. The van der Waals surface area contributed by atoms with E-state index < -0.39 is 0 Å². The van der Waals surface area contributed by atoms with Gasteiger partial charge in [0, 0.05) is 5.56 Å². The fourth-order valence-electron chi connectivity index (χ4n) is 1.41. The first-order valence-electron chi connectivity index (χ1n) is 5.34. The second-order valence-electron chi connectivity index (χ2n) is 3.56. The van der Waals surface area contributed by atoms with Gasteiger partial charge in [0.05, 0.1) is 7.11 Å². The van der Waals surface area contributed by atoms with Crippen LogP contribution in [0, 0.1) is 0 Å². The lowest BCUT2D eigenvalue weighted by Gasteiger charge is -2.07. The summed E-state index contributed by atoms with van der Waals surface area (Å²) in [6.07, 6.45) is 0. The van der Waals surface area contributed by atoms with Crippen molar-refractivity contribution in [3.05, 3.63) is 30.3 Å². The molecule has 0 saturated carbocycles. The normalized spacial score (nSPS) is 12.1. The maximum absolute atomic E-state index is 11.4. The second-order valence-corrected chi connectivity index (χ2v) is 5.92. The summed E-state index contributed by atoms with van der Waals surface area (Å²) in [6, 6.07) is 9.81. The molecule has 0 bridgehead atoms. The van der Waals surface area contributed by atoms with Crippen molar-refractivity contribution in [3.8, 4) is 11.3 Å². The Morgan fingerprint density at radius 2 is 2.11 bits per heavy atom. The first-order valence-corrected chi connectivity index (χ1v) is 7.00. The number of esters is 1. The van der Waals surface area contributed by atoms with Crippen LogP contribution in [0.5, 0.6) is 0 Å². The Morgan fingerprint density at radius 3 is 2.78 bits per heavy atom. The molecule has 6 heteroatoms. The molecule has 0 N–H and O–H groups in total. The van der Waals surface area contributed by atoms with Gasteiger partial charge in [-0.15, -0.1) is 5.10 Å². The van der Waals surface area contributed by atoms with Gasteiger partial charge in [0.25, 0.3) is 0 Å². The van der Waals surface area contributed by atoms with Gasteiger partial charge in [0.15, 0.2) is 0 Å². The molecule has 4 nitrogen and oxygen atoms in total. The average Bonchev–Trinajstić information content (AvgIpc) is 2.86. The highest BCUT2D eigenvalue weighted by atomic mass is 32.2. The minimum absolute atomic E-state index is 0.243.